The Morgan fingerprint density at radius 2 is 1.68 bits per heavy atom. The number of likely N-dealkylation sites (N-methyl/N-ethyl adjacent to an activating group) is 1. The third kappa shape index (κ3) is 4.63. The van der Waals surface area contributed by atoms with Crippen molar-refractivity contribution >= 4 is 0 Å². The van der Waals surface area contributed by atoms with E-state index in [-0.39, 0.29) is 11.5 Å². The van der Waals surface area contributed by atoms with Gasteiger partial charge in [0.05, 0.1) is 0 Å². The molecule has 0 fully saturated rings. The van der Waals surface area contributed by atoms with Crippen LogP contribution >= 0.6 is 0 Å². The van der Waals surface area contributed by atoms with E-state index in [2.05, 4.69) is 70.8 Å². The van der Waals surface area contributed by atoms with Crippen LogP contribution in [-0.4, -0.2) is 24.0 Å². The van der Waals surface area contributed by atoms with E-state index in [9.17, 15) is 0 Å². The van der Waals surface area contributed by atoms with Crippen molar-refractivity contribution in [3.63, 3.8) is 0 Å². The normalized spacial score (nSPS) is 15.6. The molecular weight excluding hydrogens is 232 g/mol. The highest BCUT2D eigenvalue weighted by Crippen LogP contribution is 2.27. The van der Waals surface area contributed by atoms with Gasteiger partial charge >= 0.3 is 0 Å². The highest BCUT2D eigenvalue weighted by atomic mass is 15.2. The molecule has 1 aromatic carbocycles. The summed E-state index contributed by atoms with van der Waals surface area (Å²) >= 11 is 0. The molecule has 0 saturated carbocycles. The Bertz CT molecular complexity index is 375. The summed E-state index contributed by atoms with van der Waals surface area (Å²) in [4.78, 5) is 2.40. The van der Waals surface area contributed by atoms with E-state index in [4.69, 9.17) is 5.73 Å². The molecule has 1 aromatic rings. The number of rotatable bonds is 5. The van der Waals surface area contributed by atoms with Gasteiger partial charge in [-0.3, -0.25) is 4.90 Å². The molecule has 2 heteroatoms. The molecule has 2 unspecified atom stereocenters. The van der Waals surface area contributed by atoms with Crippen molar-refractivity contribution in [3.8, 4) is 0 Å². The number of aryl methyl sites for hydroxylation is 1. The molecule has 2 N–H and O–H groups in total. The summed E-state index contributed by atoms with van der Waals surface area (Å²) in [6, 6.07) is 9.38. The Kier molecular flexibility index (Phi) is 5.57. The van der Waals surface area contributed by atoms with E-state index in [1.54, 1.807) is 0 Å². The van der Waals surface area contributed by atoms with Gasteiger partial charge in [0, 0.05) is 18.6 Å². The van der Waals surface area contributed by atoms with Crippen LogP contribution in [0.3, 0.4) is 0 Å². The quantitative estimate of drug-likeness (QED) is 0.879. The molecule has 0 spiro atoms. The molecule has 0 aromatic heterocycles. The zero-order valence-corrected chi connectivity index (χ0v) is 13.4. The molecule has 1 rings (SSSR count). The minimum atomic E-state index is 0.189. The van der Waals surface area contributed by atoms with Crippen LogP contribution in [0.2, 0.25) is 0 Å². The second-order valence-corrected chi connectivity index (χ2v) is 6.78. The SMILES string of the molecule is CCC(N)C(N(C)Cc1ccc(C)cc1)C(C)(C)C. The first-order valence-corrected chi connectivity index (χ1v) is 7.27. The molecule has 2 nitrogen and oxygen atoms in total. The van der Waals surface area contributed by atoms with Crippen LogP contribution in [0.4, 0.5) is 0 Å². The highest BCUT2D eigenvalue weighted by Gasteiger charge is 2.32. The van der Waals surface area contributed by atoms with Gasteiger partial charge in [-0.15, -0.1) is 0 Å². The highest BCUT2D eigenvalue weighted by molar-refractivity contribution is 5.21. The number of nitrogens with zero attached hydrogens (tertiary/aromatic N) is 1. The lowest BCUT2D eigenvalue weighted by Crippen LogP contribution is -2.52. The van der Waals surface area contributed by atoms with Gasteiger partial charge in [0.25, 0.3) is 0 Å². The lowest BCUT2D eigenvalue weighted by Gasteiger charge is -2.41. The molecular formula is C17H30N2. The van der Waals surface area contributed by atoms with Crippen molar-refractivity contribution in [3.05, 3.63) is 35.4 Å². The summed E-state index contributed by atoms with van der Waals surface area (Å²) < 4.78 is 0. The van der Waals surface area contributed by atoms with Crippen molar-refractivity contribution in [2.45, 2.75) is 59.7 Å². The van der Waals surface area contributed by atoms with Crippen LogP contribution in [-0.2, 0) is 6.54 Å². The van der Waals surface area contributed by atoms with Gasteiger partial charge in [-0.25, -0.2) is 0 Å². The Morgan fingerprint density at radius 1 is 1.16 bits per heavy atom. The standard InChI is InChI=1S/C17H30N2/c1-7-15(18)16(17(3,4)5)19(6)12-14-10-8-13(2)9-11-14/h8-11,15-16H,7,12,18H2,1-6H3. The van der Waals surface area contributed by atoms with Gasteiger partial charge in [0.15, 0.2) is 0 Å². The second kappa shape index (κ2) is 6.53. The fourth-order valence-electron chi connectivity index (χ4n) is 2.93. The molecule has 0 bridgehead atoms. The molecule has 0 saturated heterocycles. The number of hydrogen-bond donors (Lipinski definition) is 1. The topological polar surface area (TPSA) is 29.3 Å². The van der Waals surface area contributed by atoms with Crippen LogP contribution in [0, 0.1) is 12.3 Å². The average molecular weight is 262 g/mol. The maximum Gasteiger partial charge on any atom is 0.0295 e. The maximum atomic E-state index is 6.34. The molecule has 0 radical (unpaired) electrons. The first-order valence-electron chi connectivity index (χ1n) is 7.27. The van der Waals surface area contributed by atoms with Gasteiger partial charge in [-0.05, 0) is 31.4 Å². The van der Waals surface area contributed by atoms with E-state index < -0.39 is 0 Å². The van der Waals surface area contributed by atoms with Gasteiger partial charge in [-0.2, -0.15) is 0 Å². The monoisotopic (exact) mass is 262 g/mol. The summed E-state index contributed by atoms with van der Waals surface area (Å²) in [6.07, 6.45) is 1.01. The smallest absolute Gasteiger partial charge is 0.0295 e. The number of nitrogens with two attached hydrogens (primary N) is 1. The third-order valence-corrected chi connectivity index (χ3v) is 3.79. The van der Waals surface area contributed by atoms with E-state index >= 15 is 0 Å². The first-order chi connectivity index (χ1) is 8.75. The molecule has 19 heavy (non-hydrogen) atoms. The van der Waals surface area contributed by atoms with Crippen molar-refractivity contribution in [1.82, 2.24) is 4.90 Å². The molecule has 0 heterocycles. The molecule has 0 aliphatic rings. The van der Waals surface area contributed by atoms with Crippen LogP contribution in [0.1, 0.15) is 45.2 Å². The van der Waals surface area contributed by atoms with E-state index in [1.807, 2.05) is 0 Å². The van der Waals surface area contributed by atoms with Crippen LogP contribution in [0.15, 0.2) is 24.3 Å². The van der Waals surface area contributed by atoms with Crippen molar-refractivity contribution in [2.75, 3.05) is 7.05 Å². The van der Waals surface area contributed by atoms with Gasteiger partial charge < -0.3 is 5.73 Å². The molecule has 108 valence electrons. The summed E-state index contributed by atoms with van der Waals surface area (Å²) in [6.45, 7) is 12.1. The minimum Gasteiger partial charge on any atom is -0.326 e. The Labute approximate surface area is 119 Å². The summed E-state index contributed by atoms with van der Waals surface area (Å²) in [5, 5.41) is 0. The van der Waals surface area contributed by atoms with Crippen LogP contribution in [0.5, 0.6) is 0 Å². The zero-order chi connectivity index (χ0) is 14.6. The zero-order valence-electron chi connectivity index (χ0n) is 13.4. The van der Waals surface area contributed by atoms with Crippen molar-refractivity contribution < 1.29 is 0 Å². The largest absolute Gasteiger partial charge is 0.326 e. The fraction of sp³-hybridized carbons (Fsp3) is 0.647. The van der Waals surface area contributed by atoms with Crippen molar-refractivity contribution in [2.24, 2.45) is 11.1 Å². The predicted octanol–water partition coefficient (Wildman–Crippen LogP) is 3.58. The second-order valence-electron chi connectivity index (χ2n) is 6.78. The average Bonchev–Trinajstić information content (AvgIpc) is 2.30. The van der Waals surface area contributed by atoms with Gasteiger partial charge in [0.1, 0.15) is 0 Å². The van der Waals surface area contributed by atoms with E-state index in [1.165, 1.54) is 11.1 Å². The van der Waals surface area contributed by atoms with Gasteiger partial charge in [0.2, 0.25) is 0 Å². The van der Waals surface area contributed by atoms with Crippen molar-refractivity contribution in [1.29, 1.82) is 0 Å². The summed E-state index contributed by atoms with van der Waals surface area (Å²) in [7, 11) is 2.19. The fourth-order valence-corrected chi connectivity index (χ4v) is 2.93. The predicted molar refractivity (Wildman–Crippen MR) is 84.2 cm³/mol. The van der Waals surface area contributed by atoms with Crippen LogP contribution < -0.4 is 5.73 Å². The number of benzene rings is 1. The molecule has 2 atom stereocenters. The lowest BCUT2D eigenvalue weighted by molar-refractivity contribution is 0.0939. The van der Waals surface area contributed by atoms with E-state index in [0.29, 0.717) is 6.04 Å². The Hall–Kier alpha value is -0.860. The molecule has 0 aliphatic carbocycles. The Morgan fingerprint density at radius 3 is 2.11 bits per heavy atom. The minimum absolute atomic E-state index is 0.189. The first kappa shape index (κ1) is 16.2. The summed E-state index contributed by atoms with van der Waals surface area (Å²) in [5.41, 5.74) is 9.19. The molecule has 0 aliphatic heterocycles. The lowest BCUT2D eigenvalue weighted by atomic mass is 9.80. The Balaban J connectivity index is 2.82. The third-order valence-electron chi connectivity index (χ3n) is 3.79. The molecule has 0 amide bonds. The number of hydrogen-bond acceptors (Lipinski definition) is 2. The van der Waals surface area contributed by atoms with Gasteiger partial charge in [-0.1, -0.05) is 57.5 Å². The summed E-state index contributed by atoms with van der Waals surface area (Å²) in [5.74, 6) is 0. The van der Waals surface area contributed by atoms with E-state index in [0.717, 1.165) is 13.0 Å². The maximum absolute atomic E-state index is 6.34. The van der Waals surface area contributed by atoms with Crippen LogP contribution in [0.25, 0.3) is 0 Å².